The summed E-state index contributed by atoms with van der Waals surface area (Å²) >= 11 is 11.8. The minimum absolute atomic E-state index is 0.704. The Kier molecular flexibility index (Phi) is 4.18. The summed E-state index contributed by atoms with van der Waals surface area (Å²) in [5, 5.41) is 1.42. The SMILES string of the molecule is C[N+](C)=C/C=C(\Cl)c1ccc(Cl)cc1. The summed E-state index contributed by atoms with van der Waals surface area (Å²) in [5.74, 6) is 0. The molecule has 1 rings (SSSR count). The average Bonchev–Trinajstić information content (AvgIpc) is 2.15. The van der Waals surface area contributed by atoms with Crippen LogP contribution in [-0.2, 0) is 0 Å². The van der Waals surface area contributed by atoms with Crippen LogP contribution in [0.5, 0.6) is 0 Å². The highest BCUT2D eigenvalue weighted by molar-refractivity contribution is 6.49. The van der Waals surface area contributed by atoms with Crippen LogP contribution in [-0.4, -0.2) is 24.9 Å². The van der Waals surface area contributed by atoms with Crippen LogP contribution < -0.4 is 0 Å². The molecule has 0 spiro atoms. The van der Waals surface area contributed by atoms with Crippen molar-refractivity contribution in [1.82, 2.24) is 0 Å². The van der Waals surface area contributed by atoms with Crippen LogP contribution in [0.15, 0.2) is 30.3 Å². The zero-order chi connectivity index (χ0) is 10.6. The molecule has 0 unspecified atom stereocenters. The van der Waals surface area contributed by atoms with Crippen molar-refractivity contribution in [3.05, 3.63) is 40.9 Å². The lowest BCUT2D eigenvalue weighted by Crippen LogP contribution is -1.95. The van der Waals surface area contributed by atoms with Crippen molar-refractivity contribution in [2.45, 2.75) is 0 Å². The molecule has 0 aliphatic carbocycles. The molecule has 0 aliphatic heterocycles. The van der Waals surface area contributed by atoms with Gasteiger partial charge >= 0.3 is 0 Å². The predicted octanol–water partition coefficient (Wildman–Crippen LogP) is 3.26. The molecule has 0 saturated carbocycles. The largest absolute Gasteiger partial charge is 0.241 e. The quantitative estimate of drug-likeness (QED) is 0.540. The van der Waals surface area contributed by atoms with Gasteiger partial charge in [0.15, 0.2) is 6.21 Å². The second-order valence-electron chi connectivity index (χ2n) is 3.13. The lowest BCUT2D eigenvalue weighted by atomic mass is 10.2. The Hall–Kier alpha value is -0.790. The summed E-state index contributed by atoms with van der Waals surface area (Å²) in [6.07, 6.45) is 3.75. The topological polar surface area (TPSA) is 3.01 Å². The minimum atomic E-state index is 0.704. The van der Waals surface area contributed by atoms with Crippen LogP contribution in [0.3, 0.4) is 0 Å². The predicted molar refractivity (Wildman–Crippen MR) is 63.5 cm³/mol. The first-order valence-electron chi connectivity index (χ1n) is 4.22. The van der Waals surface area contributed by atoms with Gasteiger partial charge < -0.3 is 0 Å². The molecule has 3 heteroatoms. The van der Waals surface area contributed by atoms with Gasteiger partial charge in [-0.1, -0.05) is 35.3 Å². The van der Waals surface area contributed by atoms with Gasteiger partial charge in [0.25, 0.3) is 0 Å². The summed E-state index contributed by atoms with van der Waals surface area (Å²) < 4.78 is 1.93. The van der Waals surface area contributed by atoms with E-state index >= 15 is 0 Å². The molecule has 0 heterocycles. The van der Waals surface area contributed by atoms with Crippen molar-refractivity contribution >= 4 is 34.4 Å². The number of hydrogen-bond acceptors (Lipinski definition) is 0. The summed E-state index contributed by atoms with van der Waals surface area (Å²) in [4.78, 5) is 0. The van der Waals surface area contributed by atoms with E-state index in [0.29, 0.717) is 5.03 Å². The lowest BCUT2D eigenvalue weighted by molar-refractivity contribution is -0.458. The van der Waals surface area contributed by atoms with Crippen molar-refractivity contribution < 1.29 is 4.58 Å². The van der Waals surface area contributed by atoms with Crippen LogP contribution in [0.2, 0.25) is 5.02 Å². The Labute approximate surface area is 94.3 Å². The van der Waals surface area contributed by atoms with Gasteiger partial charge in [0.05, 0.1) is 5.03 Å². The highest BCUT2D eigenvalue weighted by atomic mass is 35.5. The van der Waals surface area contributed by atoms with Gasteiger partial charge in [0.2, 0.25) is 0 Å². The molecule has 0 saturated heterocycles. The smallest absolute Gasteiger partial charge is 0.164 e. The molecule has 0 bridgehead atoms. The summed E-state index contributed by atoms with van der Waals surface area (Å²) in [6, 6.07) is 7.43. The van der Waals surface area contributed by atoms with E-state index < -0.39 is 0 Å². The molecule has 0 radical (unpaired) electrons. The zero-order valence-electron chi connectivity index (χ0n) is 8.17. The number of nitrogens with zero attached hydrogens (tertiary/aromatic N) is 1. The van der Waals surface area contributed by atoms with E-state index in [2.05, 4.69) is 0 Å². The van der Waals surface area contributed by atoms with Gasteiger partial charge in [0, 0.05) is 11.1 Å². The Morgan fingerprint density at radius 2 is 1.79 bits per heavy atom. The van der Waals surface area contributed by atoms with Crippen molar-refractivity contribution in [2.24, 2.45) is 0 Å². The third kappa shape index (κ3) is 3.52. The fraction of sp³-hybridized carbons (Fsp3) is 0.182. The van der Waals surface area contributed by atoms with Gasteiger partial charge in [-0.2, -0.15) is 0 Å². The molecule has 0 amide bonds. The monoisotopic (exact) mass is 228 g/mol. The fourth-order valence-corrected chi connectivity index (χ4v) is 1.23. The number of halogens is 2. The lowest BCUT2D eigenvalue weighted by Gasteiger charge is -1.97. The van der Waals surface area contributed by atoms with E-state index in [0.717, 1.165) is 10.6 Å². The number of rotatable bonds is 2. The third-order valence-corrected chi connectivity index (χ3v) is 2.24. The summed E-state index contributed by atoms with van der Waals surface area (Å²) in [6.45, 7) is 0. The molecule has 74 valence electrons. The number of allylic oxidation sites excluding steroid dienone is 1. The Bertz CT molecular complexity index is 359. The van der Waals surface area contributed by atoms with Gasteiger partial charge in [-0.15, -0.1) is 0 Å². The minimum Gasteiger partial charge on any atom is -0.241 e. The summed E-state index contributed by atoms with van der Waals surface area (Å²) in [7, 11) is 3.89. The zero-order valence-corrected chi connectivity index (χ0v) is 9.68. The molecule has 1 aromatic rings. The van der Waals surface area contributed by atoms with Crippen molar-refractivity contribution in [3.63, 3.8) is 0 Å². The maximum atomic E-state index is 6.06. The van der Waals surface area contributed by atoms with E-state index in [1.54, 1.807) is 0 Å². The van der Waals surface area contributed by atoms with Crippen molar-refractivity contribution in [3.8, 4) is 0 Å². The number of hydrogen-bond donors (Lipinski definition) is 0. The fourth-order valence-electron chi connectivity index (χ4n) is 0.920. The first-order valence-corrected chi connectivity index (χ1v) is 4.98. The second-order valence-corrected chi connectivity index (χ2v) is 3.98. The molecule has 0 aliphatic rings. The molecule has 0 atom stereocenters. The third-order valence-electron chi connectivity index (χ3n) is 1.64. The highest BCUT2D eigenvalue weighted by Crippen LogP contribution is 2.19. The van der Waals surface area contributed by atoms with Gasteiger partial charge in [-0.25, -0.2) is 4.58 Å². The molecule has 14 heavy (non-hydrogen) atoms. The Morgan fingerprint density at radius 3 is 2.29 bits per heavy atom. The normalized spacial score (nSPS) is 11.3. The van der Waals surface area contributed by atoms with Crippen molar-refractivity contribution in [2.75, 3.05) is 14.1 Å². The summed E-state index contributed by atoms with van der Waals surface area (Å²) in [5.41, 5.74) is 0.967. The van der Waals surface area contributed by atoms with Gasteiger partial charge in [-0.05, 0) is 17.7 Å². The number of benzene rings is 1. The van der Waals surface area contributed by atoms with E-state index in [-0.39, 0.29) is 0 Å². The van der Waals surface area contributed by atoms with Gasteiger partial charge in [0.1, 0.15) is 14.1 Å². The Balaban J connectivity index is 2.89. The second kappa shape index (κ2) is 5.18. The van der Waals surface area contributed by atoms with E-state index in [9.17, 15) is 0 Å². The molecule has 0 N–H and O–H groups in total. The van der Waals surface area contributed by atoms with E-state index in [1.165, 1.54) is 0 Å². The van der Waals surface area contributed by atoms with E-state index in [1.807, 2.05) is 55.2 Å². The average molecular weight is 229 g/mol. The molecule has 0 fully saturated rings. The van der Waals surface area contributed by atoms with Gasteiger partial charge in [-0.3, -0.25) is 0 Å². The standard InChI is InChI=1S/C11H12Cl2N/c1-14(2)8-7-11(13)9-3-5-10(12)6-4-9/h3-8H,1-2H3/q+1/b11-7-. The van der Waals surface area contributed by atoms with Crippen LogP contribution in [0.4, 0.5) is 0 Å². The first kappa shape index (κ1) is 11.3. The Morgan fingerprint density at radius 1 is 1.21 bits per heavy atom. The van der Waals surface area contributed by atoms with Crippen molar-refractivity contribution in [1.29, 1.82) is 0 Å². The molecule has 1 nitrogen and oxygen atoms in total. The first-order chi connectivity index (χ1) is 6.59. The van der Waals surface area contributed by atoms with Crippen LogP contribution in [0.25, 0.3) is 5.03 Å². The molecular formula is C11H12Cl2N+. The maximum absolute atomic E-state index is 6.06. The molecule has 0 aromatic heterocycles. The van der Waals surface area contributed by atoms with E-state index in [4.69, 9.17) is 23.2 Å². The highest BCUT2D eigenvalue weighted by Gasteiger charge is 1.97. The van der Waals surface area contributed by atoms with Crippen LogP contribution >= 0.6 is 23.2 Å². The van der Waals surface area contributed by atoms with Crippen LogP contribution in [0.1, 0.15) is 5.56 Å². The molecule has 1 aromatic carbocycles. The maximum Gasteiger partial charge on any atom is 0.164 e. The van der Waals surface area contributed by atoms with Crippen LogP contribution in [0, 0.1) is 0 Å². The molecular weight excluding hydrogens is 217 g/mol.